The van der Waals surface area contributed by atoms with E-state index < -0.39 is 35.9 Å². The Morgan fingerprint density at radius 3 is 2.27 bits per heavy atom. The fraction of sp³-hybridized carbons (Fsp3) is 0.588. The number of alkyl halides is 6. The third-order valence-corrected chi connectivity index (χ3v) is 4.51. The van der Waals surface area contributed by atoms with E-state index in [9.17, 15) is 31.1 Å². The number of carbonyl (C=O) groups is 1. The van der Waals surface area contributed by atoms with Crippen molar-refractivity contribution in [2.24, 2.45) is 5.92 Å². The van der Waals surface area contributed by atoms with E-state index in [1.807, 2.05) is 0 Å². The maximum Gasteiger partial charge on any atom is 0.416 e. The van der Waals surface area contributed by atoms with Gasteiger partial charge in [-0.15, -0.1) is 0 Å². The Bertz CT molecular complexity index is 611. The Morgan fingerprint density at radius 2 is 1.73 bits per heavy atom. The Morgan fingerprint density at radius 1 is 1.12 bits per heavy atom. The highest BCUT2D eigenvalue weighted by Crippen LogP contribution is 2.37. The van der Waals surface area contributed by atoms with Crippen molar-refractivity contribution < 1.29 is 31.1 Å². The SMILES string of the molecule is CN(Cc1ccc(C(F)(F)F)cc1)C(=O)NC1CCCC(C(F)(F)F)C1. The average Bonchev–Trinajstić information content (AvgIpc) is 2.54. The number of hydrogen-bond acceptors (Lipinski definition) is 1. The highest BCUT2D eigenvalue weighted by Gasteiger charge is 2.42. The van der Waals surface area contributed by atoms with E-state index in [4.69, 9.17) is 0 Å². The highest BCUT2D eigenvalue weighted by molar-refractivity contribution is 5.74. The molecule has 2 unspecified atom stereocenters. The van der Waals surface area contributed by atoms with Gasteiger partial charge in [-0.3, -0.25) is 0 Å². The zero-order valence-corrected chi connectivity index (χ0v) is 14.1. The van der Waals surface area contributed by atoms with Crippen LogP contribution in [0.1, 0.15) is 36.8 Å². The molecule has 1 N–H and O–H groups in total. The lowest BCUT2D eigenvalue weighted by atomic mass is 9.85. The minimum atomic E-state index is -4.43. The molecule has 2 rings (SSSR count). The largest absolute Gasteiger partial charge is 0.416 e. The van der Waals surface area contributed by atoms with Gasteiger partial charge in [-0.25, -0.2) is 4.79 Å². The molecular weight excluding hydrogens is 362 g/mol. The van der Waals surface area contributed by atoms with Crippen LogP contribution in [0.2, 0.25) is 0 Å². The van der Waals surface area contributed by atoms with E-state index in [0.717, 1.165) is 12.1 Å². The molecule has 0 bridgehead atoms. The van der Waals surface area contributed by atoms with E-state index in [2.05, 4.69) is 5.32 Å². The number of nitrogens with zero attached hydrogens (tertiary/aromatic N) is 1. The quantitative estimate of drug-likeness (QED) is 0.736. The van der Waals surface area contributed by atoms with Gasteiger partial charge in [0, 0.05) is 19.6 Å². The van der Waals surface area contributed by atoms with Crippen LogP contribution in [-0.4, -0.2) is 30.2 Å². The number of hydrogen-bond donors (Lipinski definition) is 1. The highest BCUT2D eigenvalue weighted by atomic mass is 19.4. The molecule has 26 heavy (non-hydrogen) atoms. The molecule has 0 heterocycles. The van der Waals surface area contributed by atoms with Gasteiger partial charge in [0.2, 0.25) is 0 Å². The minimum Gasteiger partial charge on any atom is -0.335 e. The van der Waals surface area contributed by atoms with Crippen molar-refractivity contribution in [2.45, 2.75) is 50.6 Å². The first-order chi connectivity index (χ1) is 12.0. The first-order valence-corrected chi connectivity index (χ1v) is 8.21. The van der Waals surface area contributed by atoms with Gasteiger partial charge in [-0.1, -0.05) is 18.6 Å². The van der Waals surface area contributed by atoms with Gasteiger partial charge in [-0.05, 0) is 37.0 Å². The topological polar surface area (TPSA) is 32.3 Å². The molecule has 0 aromatic heterocycles. The molecule has 0 radical (unpaired) electrons. The summed E-state index contributed by atoms with van der Waals surface area (Å²) >= 11 is 0. The maximum absolute atomic E-state index is 12.8. The van der Waals surface area contributed by atoms with Gasteiger partial charge < -0.3 is 10.2 Å². The zero-order valence-electron chi connectivity index (χ0n) is 14.1. The summed E-state index contributed by atoms with van der Waals surface area (Å²) < 4.78 is 76.0. The molecule has 2 atom stereocenters. The standard InChI is InChI=1S/C17H20F6N2O/c1-25(10-11-5-7-12(8-6-11)16(18,19)20)15(26)24-14-4-2-3-13(9-14)17(21,22)23/h5-8,13-14H,2-4,9-10H2,1H3,(H,24,26). The van der Waals surface area contributed by atoms with E-state index in [1.54, 1.807) is 0 Å². The number of urea groups is 1. The summed E-state index contributed by atoms with van der Waals surface area (Å²) in [5.74, 6) is -1.42. The van der Waals surface area contributed by atoms with Crippen LogP contribution in [0.3, 0.4) is 0 Å². The fourth-order valence-corrected chi connectivity index (χ4v) is 3.05. The van der Waals surface area contributed by atoms with Gasteiger partial charge >= 0.3 is 18.4 Å². The summed E-state index contributed by atoms with van der Waals surface area (Å²) in [6.45, 7) is 0.0550. The van der Waals surface area contributed by atoms with E-state index >= 15 is 0 Å². The van der Waals surface area contributed by atoms with Gasteiger partial charge in [0.25, 0.3) is 0 Å². The maximum atomic E-state index is 12.8. The van der Waals surface area contributed by atoms with Gasteiger partial charge in [0.1, 0.15) is 0 Å². The van der Waals surface area contributed by atoms with Crippen LogP contribution >= 0.6 is 0 Å². The molecule has 1 fully saturated rings. The molecule has 1 aromatic carbocycles. The van der Waals surface area contributed by atoms with Crippen LogP contribution in [0.15, 0.2) is 24.3 Å². The van der Waals surface area contributed by atoms with Crippen molar-refractivity contribution in [3.63, 3.8) is 0 Å². The lowest BCUT2D eigenvalue weighted by Gasteiger charge is -2.32. The molecule has 0 aliphatic heterocycles. The Kier molecular flexibility index (Phi) is 6.08. The molecule has 2 amide bonds. The van der Waals surface area contributed by atoms with Crippen LogP contribution in [0.25, 0.3) is 0 Å². The first kappa shape index (κ1) is 20.4. The Balaban J connectivity index is 1.89. The smallest absolute Gasteiger partial charge is 0.335 e. The Labute approximate surface area is 147 Å². The third kappa shape index (κ3) is 5.54. The number of benzene rings is 1. The molecular formula is C17H20F6N2O. The van der Waals surface area contributed by atoms with Crippen molar-refractivity contribution in [3.05, 3.63) is 35.4 Å². The second-order valence-corrected chi connectivity index (χ2v) is 6.60. The van der Waals surface area contributed by atoms with Gasteiger partial charge in [0.15, 0.2) is 0 Å². The second kappa shape index (κ2) is 7.75. The summed E-state index contributed by atoms with van der Waals surface area (Å²) in [4.78, 5) is 13.4. The molecule has 1 aromatic rings. The average molecular weight is 382 g/mol. The fourth-order valence-electron chi connectivity index (χ4n) is 3.05. The molecule has 0 spiro atoms. The predicted octanol–water partition coefficient (Wildman–Crippen LogP) is 4.97. The number of nitrogens with one attached hydrogen (secondary N) is 1. The molecule has 3 nitrogen and oxygen atoms in total. The van der Waals surface area contributed by atoms with Crippen molar-refractivity contribution in [3.8, 4) is 0 Å². The van der Waals surface area contributed by atoms with E-state index in [-0.39, 0.29) is 19.4 Å². The van der Waals surface area contributed by atoms with Gasteiger partial charge in [-0.2, -0.15) is 26.3 Å². The zero-order chi connectivity index (χ0) is 19.5. The van der Waals surface area contributed by atoms with Crippen LogP contribution < -0.4 is 5.32 Å². The normalized spacial score (nSPS) is 21.3. The van der Waals surface area contributed by atoms with E-state index in [0.29, 0.717) is 18.4 Å². The summed E-state index contributed by atoms with van der Waals surface area (Å²) in [7, 11) is 1.44. The number of rotatable bonds is 3. The number of amides is 2. The van der Waals surface area contributed by atoms with Gasteiger partial charge in [0.05, 0.1) is 11.5 Å². The molecule has 1 aliphatic rings. The summed E-state index contributed by atoms with van der Waals surface area (Å²) in [6, 6.07) is 3.29. The van der Waals surface area contributed by atoms with Crippen molar-refractivity contribution in [2.75, 3.05) is 7.05 Å². The first-order valence-electron chi connectivity index (χ1n) is 8.21. The summed E-state index contributed by atoms with van der Waals surface area (Å²) in [5.41, 5.74) is -0.291. The summed E-state index contributed by atoms with van der Waals surface area (Å²) in [6.07, 6.45) is -7.92. The number of carbonyl (C=O) groups excluding carboxylic acids is 1. The summed E-state index contributed by atoms with van der Waals surface area (Å²) in [5, 5.41) is 2.58. The Hall–Kier alpha value is -1.93. The minimum absolute atomic E-state index is 0.0550. The molecule has 1 saturated carbocycles. The number of halogens is 6. The molecule has 9 heteroatoms. The molecule has 0 saturated heterocycles. The lowest BCUT2D eigenvalue weighted by molar-refractivity contribution is -0.183. The van der Waals surface area contributed by atoms with Crippen molar-refractivity contribution in [1.29, 1.82) is 0 Å². The van der Waals surface area contributed by atoms with Crippen molar-refractivity contribution in [1.82, 2.24) is 10.2 Å². The predicted molar refractivity (Wildman–Crippen MR) is 83.2 cm³/mol. The third-order valence-electron chi connectivity index (χ3n) is 4.51. The second-order valence-electron chi connectivity index (χ2n) is 6.60. The van der Waals surface area contributed by atoms with Crippen LogP contribution in [-0.2, 0) is 12.7 Å². The lowest BCUT2D eigenvalue weighted by Crippen LogP contribution is -2.46. The van der Waals surface area contributed by atoms with Crippen LogP contribution in [0.4, 0.5) is 31.1 Å². The molecule has 1 aliphatic carbocycles. The van der Waals surface area contributed by atoms with E-state index in [1.165, 1.54) is 24.1 Å². The van der Waals surface area contributed by atoms with Crippen LogP contribution in [0.5, 0.6) is 0 Å². The van der Waals surface area contributed by atoms with Crippen molar-refractivity contribution >= 4 is 6.03 Å². The molecule has 146 valence electrons. The van der Waals surface area contributed by atoms with Crippen LogP contribution in [0, 0.1) is 5.92 Å². The monoisotopic (exact) mass is 382 g/mol.